The second-order valence-corrected chi connectivity index (χ2v) is 3.27. The highest BCUT2D eigenvalue weighted by molar-refractivity contribution is 9.09. The van der Waals surface area contributed by atoms with Crippen molar-refractivity contribution in [2.24, 2.45) is 11.8 Å². The van der Waals surface area contributed by atoms with Crippen molar-refractivity contribution in [3.63, 3.8) is 0 Å². The first-order valence-electron chi connectivity index (χ1n) is 3.43. The van der Waals surface area contributed by atoms with Crippen molar-refractivity contribution in [1.82, 2.24) is 0 Å². The number of hydrogen-bond donors (Lipinski definition) is 0. The third-order valence-electron chi connectivity index (χ3n) is 2.12. The highest BCUT2D eigenvalue weighted by Crippen LogP contribution is 2.36. The molecule has 10 heavy (non-hydrogen) atoms. The molecule has 0 aliphatic heterocycles. The van der Waals surface area contributed by atoms with E-state index in [0.717, 1.165) is 18.2 Å². The Labute approximate surface area is 69.1 Å². The van der Waals surface area contributed by atoms with E-state index in [1.165, 1.54) is 7.11 Å². The van der Waals surface area contributed by atoms with E-state index in [2.05, 4.69) is 20.7 Å². The minimum Gasteiger partial charge on any atom is -0.469 e. The summed E-state index contributed by atoms with van der Waals surface area (Å²) in [6, 6.07) is 0. The number of esters is 1. The molecule has 1 aliphatic carbocycles. The molecule has 0 aromatic carbocycles. The van der Waals surface area contributed by atoms with Crippen LogP contribution in [0.5, 0.6) is 0 Å². The van der Waals surface area contributed by atoms with E-state index in [4.69, 9.17) is 0 Å². The van der Waals surface area contributed by atoms with Crippen molar-refractivity contribution >= 4 is 21.9 Å². The number of rotatable bonds is 2. The lowest BCUT2D eigenvalue weighted by atomic mass is 9.75. The van der Waals surface area contributed by atoms with Gasteiger partial charge in [0, 0.05) is 5.33 Å². The van der Waals surface area contributed by atoms with E-state index in [9.17, 15) is 4.79 Å². The van der Waals surface area contributed by atoms with Gasteiger partial charge in [0.25, 0.3) is 0 Å². The maximum atomic E-state index is 10.9. The molecule has 1 saturated carbocycles. The van der Waals surface area contributed by atoms with Gasteiger partial charge >= 0.3 is 5.97 Å². The summed E-state index contributed by atoms with van der Waals surface area (Å²) in [5.41, 5.74) is 0. The topological polar surface area (TPSA) is 26.3 Å². The van der Waals surface area contributed by atoms with Crippen LogP contribution in [0.3, 0.4) is 0 Å². The second kappa shape index (κ2) is 3.37. The predicted molar refractivity (Wildman–Crippen MR) is 42.0 cm³/mol. The molecule has 0 aromatic rings. The molecule has 0 amide bonds. The number of carbonyl (C=O) groups excluding carboxylic acids is 1. The second-order valence-electron chi connectivity index (χ2n) is 2.62. The van der Waals surface area contributed by atoms with Gasteiger partial charge in [0.05, 0.1) is 13.0 Å². The summed E-state index contributed by atoms with van der Waals surface area (Å²) < 4.78 is 4.63. The Kier molecular flexibility index (Phi) is 2.72. The molecule has 0 bridgehead atoms. The fourth-order valence-electron chi connectivity index (χ4n) is 1.22. The van der Waals surface area contributed by atoms with Gasteiger partial charge in [-0.2, -0.15) is 0 Å². The SMILES string of the molecule is COC(=O)C1CCC1CBr. The number of alkyl halides is 1. The van der Waals surface area contributed by atoms with E-state index in [-0.39, 0.29) is 11.9 Å². The molecule has 2 atom stereocenters. The Hall–Kier alpha value is -0.0500. The molecule has 58 valence electrons. The zero-order chi connectivity index (χ0) is 7.56. The molecule has 0 heterocycles. The van der Waals surface area contributed by atoms with E-state index < -0.39 is 0 Å². The van der Waals surface area contributed by atoms with Crippen LogP contribution in [-0.4, -0.2) is 18.4 Å². The van der Waals surface area contributed by atoms with Crippen LogP contribution in [-0.2, 0) is 9.53 Å². The Bertz CT molecular complexity index is 134. The average Bonchev–Trinajstić information content (AvgIpc) is 1.86. The average molecular weight is 207 g/mol. The zero-order valence-corrected chi connectivity index (χ0v) is 7.56. The summed E-state index contributed by atoms with van der Waals surface area (Å²) in [7, 11) is 1.45. The minimum absolute atomic E-state index is 0.0456. The Morgan fingerprint density at radius 2 is 2.40 bits per heavy atom. The van der Waals surface area contributed by atoms with Crippen LogP contribution in [0.25, 0.3) is 0 Å². The first-order chi connectivity index (χ1) is 4.79. The van der Waals surface area contributed by atoms with Crippen molar-refractivity contribution in [3.8, 4) is 0 Å². The summed E-state index contributed by atoms with van der Waals surface area (Å²) in [6.07, 6.45) is 2.16. The first-order valence-corrected chi connectivity index (χ1v) is 4.55. The van der Waals surface area contributed by atoms with Crippen LogP contribution in [0, 0.1) is 11.8 Å². The fraction of sp³-hybridized carbons (Fsp3) is 0.857. The Morgan fingerprint density at radius 1 is 1.70 bits per heavy atom. The highest BCUT2D eigenvalue weighted by Gasteiger charge is 2.36. The van der Waals surface area contributed by atoms with E-state index in [1.54, 1.807) is 0 Å². The van der Waals surface area contributed by atoms with Crippen molar-refractivity contribution in [2.45, 2.75) is 12.8 Å². The quantitative estimate of drug-likeness (QED) is 0.507. The van der Waals surface area contributed by atoms with Crippen LogP contribution >= 0.6 is 15.9 Å². The lowest BCUT2D eigenvalue weighted by Crippen LogP contribution is -2.34. The van der Waals surface area contributed by atoms with E-state index in [0.29, 0.717) is 5.92 Å². The van der Waals surface area contributed by atoms with Crippen LogP contribution in [0.1, 0.15) is 12.8 Å². The number of hydrogen-bond acceptors (Lipinski definition) is 2. The van der Waals surface area contributed by atoms with Gasteiger partial charge in [-0.25, -0.2) is 0 Å². The van der Waals surface area contributed by atoms with Gasteiger partial charge in [0.1, 0.15) is 0 Å². The Balaban J connectivity index is 2.35. The fourth-order valence-corrected chi connectivity index (χ4v) is 1.99. The Morgan fingerprint density at radius 3 is 2.70 bits per heavy atom. The van der Waals surface area contributed by atoms with Crippen LogP contribution in [0.15, 0.2) is 0 Å². The van der Waals surface area contributed by atoms with Crippen LogP contribution in [0.4, 0.5) is 0 Å². The number of ether oxygens (including phenoxy) is 1. The maximum Gasteiger partial charge on any atom is 0.308 e. The summed E-state index contributed by atoms with van der Waals surface area (Å²) in [5, 5.41) is 0.923. The summed E-state index contributed by atoms with van der Waals surface area (Å²) >= 11 is 3.36. The van der Waals surface area contributed by atoms with Gasteiger partial charge in [-0.05, 0) is 18.8 Å². The molecular formula is C7H11BrO2. The van der Waals surface area contributed by atoms with Crippen molar-refractivity contribution in [2.75, 3.05) is 12.4 Å². The highest BCUT2D eigenvalue weighted by atomic mass is 79.9. The largest absolute Gasteiger partial charge is 0.469 e. The van der Waals surface area contributed by atoms with Crippen LogP contribution < -0.4 is 0 Å². The predicted octanol–water partition coefficient (Wildman–Crippen LogP) is 1.58. The van der Waals surface area contributed by atoms with E-state index in [1.807, 2.05) is 0 Å². The summed E-state index contributed by atoms with van der Waals surface area (Å²) in [5.74, 6) is 0.646. The van der Waals surface area contributed by atoms with Gasteiger partial charge in [-0.15, -0.1) is 0 Å². The van der Waals surface area contributed by atoms with Gasteiger partial charge in [0.2, 0.25) is 0 Å². The lowest BCUT2D eigenvalue weighted by Gasteiger charge is -2.32. The zero-order valence-electron chi connectivity index (χ0n) is 5.97. The molecule has 1 rings (SSSR count). The van der Waals surface area contributed by atoms with Crippen molar-refractivity contribution < 1.29 is 9.53 Å². The lowest BCUT2D eigenvalue weighted by molar-refractivity contribution is -0.150. The molecule has 0 radical (unpaired) electrons. The van der Waals surface area contributed by atoms with Gasteiger partial charge < -0.3 is 4.74 Å². The smallest absolute Gasteiger partial charge is 0.308 e. The van der Waals surface area contributed by atoms with E-state index >= 15 is 0 Å². The molecule has 0 aromatic heterocycles. The number of methoxy groups -OCH3 is 1. The van der Waals surface area contributed by atoms with Gasteiger partial charge in [-0.3, -0.25) is 4.79 Å². The molecule has 1 fully saturated rings. The molecular weight excluding hydrogens is 196 g/mol. The normalized spacial score (nSPS) is 31.0. The first kappa shape index (κ1) is 8.05. The van der Waals surface area contributed by atoms with Gasteiger partial charge in [-0.1, -0.05) is 15.9 Å². The minimum atomic E-state index is -0.0456. The standard InChI is InChI=1S/C7H11BrO2/c1-10-7(9)6-3-2-5(6)4-8/h5-6H,2-4H2,1H3. The van der Waals surface area contributed by atoms with Gasteiger partial charge in [0.15, 0.2) is 0 Å². The number of halogens is 1. The monoisotopic (exact) mass is 206 g/mol. The molecule has 0 saturated heterocycles. The molecule has 3 heteroatoms. The molecule has 2 nitrogen and oxygen atoms in total. The molecule has 0 spiro atoms. The third-order valence-corrected chi connectivity index (χ3v) is 2.95. The molecule has 2 unspecified atom stereocenters. The number of carbonyl (C=O) groups is 1. The molecule has 0 N–H and O–H groups in total. The van der Waals surface area contributed by atoms with Crippen LogP contribution in [0.2, 0.25) is 0 Å². The summed E-state index contributed by atoms with van der Waals surface area (Å²) in [4.78, 5) is 10.9. The summed E-state index contributed by atoms with van der Waals surface area (Å²) in [6.45, 7) is 0. The maximum absolute atomic E-state index is 10.9. The third kappa shape index (κ3) is 1.34. The molecule has 1 aliphatic rings. The van der Waals surface area contributed by atoms with Crippen molar-refractivity contribution in [1.29, 1.82) is 0 Å². The van der Waals surface area contributed by atoms with Crippen molar-refractivity contribution in [3.05, 3.63) is 0 Å².